The Morgan fingerprint density at radius 3 is 1.52 bits per heavy atom. The maximum Gasteiger partial charge on any atom is 1.00 e. The minimum atomic E-state index is -1.47. The van der Waals surface area contributed by atoms with E-state index in [9.17, 15) is 33.9 Å². The van der Waals surface area contributed by atoms with Crippen molar-refractivity contribution in [2.24, 2.45) is 0 Å². The second-order valence-electron chi connectivity index (χ2n) is 4.43. The van der Waals surface area contributed by atoms with Gasteiger partial charge < -0.3 is 31.2 Å². The molecule has 0 aromatic heterocycles. The van der Waals surface area contributed by atoms with Gasteiger partial charge in [-0.3, -0.25) is 24.0 Å². The maximum absolute atomic E-state index is 11.4. The van der Waals surface area contributed by atoms with Crippen LogP contribution in [0, 0.1) is 0 Å². The van der Waals surface area contributed by atoms with Crippen LogP contribution in [0.2, 0.25) is 0 Å². The summed E-state index contributed by atoms with van der Waals surface area (Å²) in [5.41, 5.74) is 0. The van der Waals surface area contributed by atoms with Crippen LogP contribution in [0.5, 0.6) is 0 Å². The summed E-state index contributed by atoms with van der Waals surface area (Å²) in [4.78, 5) is 66.2. The number of aliphatic carboxylic acids is 1. The molecule has 13 heteroatoms. The van der Waals surface area contributed by atoms with Gasteiger partial charge in [-0.15, -0.1) is 0 Å². The molecule has 0 rings (SSSR count). The zero-order valence-corrected chi connectivity index (χ0v) is 16.6. The van der Waals surface area contributed by atoms with E-state index in [1.807, 2.05) is 5.32 Å². The Bertz CT molecular complexity index is 544. The van der Waals surface area contributed by atoms with Crippen molar-refractivity contribution >= 4 is 48.0 Å². The first kappa shape index (κ1) is 25.6. The summed E-state index contributed by atoms with van der Waals surface area (Å²) >= 11 is 3.75. The first-order valence-electron chi connectivity index (χ1n) is 6.59. The number of carbonyl (C=O) groups is 6. The zero-order valence-electron chi connectivity index (χ0n) is 13.7. The molecule has 0 radical (unpaired) electrons. The molecule has 25 heavy (non-hydrogen) atoms. The molecule has 0 aliphatic heterocycles. The molecule has 4 N–H and O–H groups in total. The topological polar surface area (TPSA) is 174 Å². The number of rotatable bonds is 10. The van der Waals surface area contributed by atoms with Gasteiger partial charge in [0.2, 0.25) is 23.6 Å². The van der Waals surface area contributed by atoms with Crippen molar-refractivity contribution < 1.29 is 63.4 Å². The standard InChI is InChI=1S/C12H18N4O7S.Na/c1-6(17)11(24)12(23)16-4-9(20)14-2-7(18)13-3-8(19)15-5-10(21)22;/h11,24H,2-5H2,1H3,(H,13,18)(H,14,20)(H,15,19)(H,16,23)(H,21,22);/q;+1/p-1. The second-order valence-corrected chi connectivity index (χ2v) is 4.95. The molecular formula is C12H17N4NaO7S. The van der Waals surface area contributed by atoms with Gasteiger partial charge in [0, 0.05) is 0 Å². The SMILES string of the molecule is CC(=O)C(S)C(=O)NCC(=O)NCC(=O)NCC(=O)NCC(=O)[O-].[Na+]. The van der Waals surface area contributed by atoms with E-state index >= 15 is 0 Å². The van der Waals surface area contributed by atoms with Crippen LogP contribution in [0.4, 0.5) is 0 Å². The number of carboxylic acids is 1. The third kappa shape index (κ3) is 13.3. The van der Waals surface area contributed by atoms with Crippen LogP contribution in [0.25, 0.3) is 0 Å². The molecule has 0 heterocycles. The van der Waals surface area contributed by atoms with E-state index in [-0.39, 0.29) is 29.6 Å². The van der Waals surface area contributed by atoms with Gasteiger partial charge >= 0.3 is 29.6 Å². The van der Waals surface area contributed by atoms with Crippen molar-refractivity contribution in [3.63, 3.8) is 0 Å². The minimum absolute atomic E-state index is 0. The molecule has 0 spiro atoms. The van der Waals surface area contributed by atoms with Crippen LogP contribution in [0.1, 0.15) is 6.92 Å². The summed E-state index contributed by atoms with van der Waals surface area (Å²) in [6, 6.07) is 0. The molecule has 0 aliphatic rings. The van der Waals surface area contributed by atoms with Gasteiger partial charge in [-0.1, -0.05) is 0 Å². The third-order valence-electron chi connectivity index (χ3n) is 2.38. The van der Waals surface area contributed by atoms with E-state index in [1.165, 1.54) is 6.92 Å². The number of carboxylic acid groups (broad SMARTS) is 1. The van der Waals surface area contributed by atoms with Crippen LogP contribution in [-0.2, 0) is 28.8 Å². The number of amides is 4. The van der Waals surface area contributed by atoms with Gasteiger partial charge in [0.15, 0.2) is 5.78 Å². The second kappa shape index (κ2) is 13.6. The number of ketones is 1. The van der Waals surface area contributed by atoms with Gasteiger partial charge in [0.1, 0.15) is 5.25 Å². The largest absolute Gasteiger partial charge is 1.00 e. The number of hydrogen-bond donors (Lipinski definition) is 5. The molecule has 0 saturated carbocycles. The number of thiol groups is 1. The van der Waals surface area contributed by atoms with Gasteiger partial charge in [-0.2, -0.15) is 12.6 Å². The molecule has 0 aromatic carbocycles. The molecule has 134 valence electrons. The average molecular weight is 384 g/mol. The normalized spacial score (nSPS) is 10.5. The van der Waals surface area contributed by atoms with Crippen molar-refractivity contribution in [1.82, 2.24) is 21.3 Å². The van der Waals surface area contributed by atoms with Crippen molar-refractivity contribution in [3.05, 3.63) is 0 Å². The first-order chi connectivity index (χ1) is 11.1. The Morgan fingerprint density at radius 2 is 1.16 bits per heavy atom. The van der Waals surface area contributed by atoms with Crippen LogP contribution in [-0.4, -0.2) is 66.8 Å². The van der Waals surface area contributed by atoms with Crippen LogP contribution >= 0.6 is 12.6 Å². The molecule has 0 fully saturated rings. The molecule has 0 bridgehead atoms. The van der Waals surface area contributed by atoms with Crippen molar-refractivity contribution in [1.29, 1.82) is 0 Å². The van der Waals surface area contributed by atoms with Crippen LogP contribution < -0.4 is 55.9 Å². The fourth-order valence-electron chi connectivity index (χ4n) is 1.16. The van der Waals surface area contributed by atoms with Crippen molar-refractivity contribution in [2.75, 3.05) is 26.2 Å². The van der Waals surface area contributed by atoms with Gasteiger partial charge in [-0.25, -0.2) is 0 Å². The first-order valence-corrected chi connectivity index (χ1v) is 7.11. The molecular weight excluding hydrogens is 367 g/mol. The Balaban J connectivity index is 0. The third-order valence-corrected chi connectivity index (χ3v) is 2.98. The van der Waals surface area contributed by atoms with Gasteiger partial charge in [-0.05, 0) is 6.92 Å². The Kier molecular flexibility index (Phi) is 14.0. The summed E-state index contributed by atoms with van der Waals surface area (Å²) in [7, 11) is 0. The summed E-state index contributed by atoms with van der Waals surface area (Å²) in [6.07, 6.45) is 0. The molecule has 0 aromatic rings. The van der Waals surface area contributed by atoms with Crippen LogP contribution in [0.3, 0.4) is 0 Å². The van der Waals surface area contributed by atoms with Crippen molar-refractivity contribution in [2.45, 2.75) is 12.2 Å². The molecule has 1 unspecified atom stereocenters. The Morgan fingerprint density at radius 1 is 0.800 bits per heavy atom. The number of Topliss-reactive ketones (excluding diaryl/α,β-unsaturated/α-hetero) is 1. The Hall–Kier alpha value is -1.63. The molecule has 0 aliphatic carbocycles. The summed E-state index contributed by atoms with van der Waals surface area (Å²) < 4.78 is 0. The fourth-order valence-corrected chi connectivity index (χ4v) is 1.26. The molecule has 4 amide bonds. The summed E-state index contributed by atoms with van der Waals surface area (Å²) in [5, 5.41) is 17.3. The van der Waals surface area contributed by atoms with Gasteiger partial charge in [0.05, 0.1) is 32.1 Å². The summed E-state index contributed by atoms with van der Waals surface area (Å²) in [6.45, 7) is -0.900. The number of hydrogen-bond acceptors (Lipinski definition) is 8. The smallest absolute Gasteiger partial charge is 0.548 e. The zero-order chi connectivity index (χ0) is 18.7. The van der Waals surface area contributed by atoms with E-state index in [0.29, 0.717) is 0 Å². The summed E-state index contributed by atoms with van der Waals surface area (Å²) in [5.74, 6) is -4.83. The Labute approximate surface area is 170 Å². The average Bonchev–Trinajstić information content (AvgIpc) is 2.52. The monoisotopic (exact) mass is 384 g/mol. The van der Waals surface area contributed by atoms with E-state index in [0.717, 1.165) is 0 Å². The van der Waals surface area contributed by atoms with Gasteiger partial charge in [0.25, 0.3) is 0 Å². The molecule has 11 nitrogen and oxygen atoms in total. The minimum Gasteiger partial charge on any atom is -0.548 e. The number of carbonyl (C=O) groups excluding carboxylic acids is 6. The van der Waals surface area contributed by atoms with E-state index < -0.39 is 66.8 Å². The van der Waals surface area contributed by atoms with Crippen LogP contribution in [0.15, 0.2) is 0 Å². The van der Waals surface area contributed by atoms with Crippen molar-refractivity contribution in [3.8, 4) is 0 Å². The molecule has 1 atom stereocenters. The predicted molar refractivity (Wildman–Crippen MR) is 80.5 cm³/mol. The molecule has 0 saturated heterocycles. The van der Waals surface area contributed by atoms with E-state index in [2.05, 4.69) is 28.6 Å². The fraction of sp³-hybridized carbons (Fsp3) is 0.500. The van der Waals surface area contributed by atoms with E-state index in [4.69, 9.17) is 0 Å². The quantitative estimate of drug-likeness (QED) is 0.141. The number of nitrogens with one attached hydrogen (secondary N) is 4. The maximum atomic E-state index is 11.4. The van der Waals surface area contributed by atoms with E-state index in [1.54, 1.807) is 0 Å². The predicted octanol–water partition coefficient (Wildman–Crippen LogP) is -7.91.